The highest BCUT2D eigenvalue weighted by Crippen LogP contribution is 2.33. The van der Waals surface area contributed by atoms with Gasteiger partial charge in [0, 0.05) is 7.11 Å². The predicted octanol–water partition coefficient (Wildman–Crippen LogP) is 5.29. The molecule has 21 heavy (non-hydrogen) atoms. The summed E-state index contributed by atoms with van der Waals surface area (Å²) in [6.07, 6.45) is 0. The molecule has 0 unspecified atom stereocenters. The van der Waals surface area contributed by atoms with Gasteiger partial charge in [-0.15, -0.1) is 0 Å². The lowest BCUT2D eigenvalue weighted by molar-refractivity contribution is 0.187. The summed E-state index contributed by atoms with van der Waals surface area (Å²) in [5, 5.41) is 7.73. The summed E-state index contributed by atoms with van der Waals surface area (Å²) in [5.41, 5.74) is 1.27. The molecule has 1 nitrogen and oxygen atoms in total. The predicted molar refractivity (Wildman–Crippen MR) is 89.7 cm³/mol. The topological polar surface area (TPSA) is 9.23 Å². The molecule has 0 saturated carbocycles. The highest BCUT2D eigenvalue weighted by molar-refractivity contribution is 6.14. The summed E-state index contributed by atoms with van der Waals surface area (Å²) < 4.78 is 5.46. The number of ether oxygens (including phenoxy) is 1. The maximum Gasteiger partial charge on any atom is 0.0725 e. The number of methoxy groups -OCH3 is 1. The largest absolute Gasteiger partial charge is 0.380 e. The van der Waals surface area contributed by atoms with Gasteiger partial charge in [0.25, 0.3) is 0 Å². The van der Waals surface area contributed by atoms with E-state index >= 15 is 0 Å². The van der Waals surface area contributed by atoms with E-state index in [9.17, 15) is 0 Å². The number of hydrogen-bond acceptors (Lipinski definition) is 1. The van der Waals surface area contributed by atoms with Crippen LogP contribution in [0.15, 0.2) is 66.7 Å². The van der Waals surface area contributed by atoms with E-state index < -0.39 is 0 Å². The van der Waals surface area contributed by atoms with E-state index in [1.807, 2.05) is 0 Å². The van der Waals surface area contributed by atoms with Crippen LogP contribution in [0.4, 0.5) is 0 Å². The van der Waals surface area contributed by atoms with Crippen LogP contribution in [0.1, 0.15) is 5.56 Å². The van der Waals surface area contributed by atoms with Crippen molar-refractivity contribution in [3.63, 3.8) is 0 Å². The van der Waals surface area contributed by atoms with Gasteiger partial charge in [-0.3, -0.25) is 0 Å². The summed E-state index contributed by atoms with van der Waals surface area (Å²) in [6, 6.07) is 23.8. The third-order valence-corrected chi connectivity index (χ3v) is 4.17. The number of rotatable bonds is 2. The van der Waals surface area contributed by atoms with Crippen LogP contribution in [0.3, 0.4) is 0 Å². The maximum absolute atomic E-state index is 5.46. The average Bonchev–Trinajstić information content (AvgIpc) is 2.55. The fourth-order valence-corrected chi connectivity index (χ4v) is 3.21. The molecule has 4 aromatic rings. The first-order chi connectivity index (χ1) is 10.4. The van der Waals surface area contributed by atoms with Gasteiger partial charge < -0.3 is 4.74 Å². The third kappa shape index (κ3) is 1.90. The Labute approximate surface area is 123 Å². The fraction of sp³-hybridized carbons (Fsp3) is 0.100. The Morgan fingerprint density at radius 2 is 1.38 bits per heavy atom. The lowest BCUT2D eigenvalue weighted by Gasteiger charge is -2.12. The van der Waals surface area contributed by atoms with Crippen LogP contribution in [-0.4, -0.2) is 7.11 Å². The van der Waals surface area contributed by atoms with Crippen LogP contribution in [0.2, 0.25) is 0 Å². The Balaban J connectivity index is 2.24. The van der Waals surface area contributed by atoms with E-state index in [4.69, 9.17) is 4.74 Å². The SMILES string of the molecule is COCc1c2ccccc2cc2c1ccc1ccccc12. The summed E-state index contributed by atoms with van der Waals surface area (Å²) >= 11 is 0. The molecule has 4 aromatic carbocycles. The van der Waals surface area contributed by atoms with E-state index in [0.717, 1.165) is 0 Å². The molecule has 0 bridgehead atoms. The van der Waals surface area contributed by atoms with Crippen LogP contribution in [0, 0.1) is 0 Å². The lowest BCUT2D eigenvalue weighted by atomic mass is 9.94. The minimum Gasteiger partial charge on any atom is -0.380 e. The van der Waals surface area contributed by atoms with Crippen molar-refractivity contribution in [3.8, 4) is 0 Å². The third-order valence-electron chi connectivity index (χ3n) is 4.17. The second-order valence-electron chi connectivity index (χ2n) is 5.39. The van der Waals surface area contributed by atoms with E-state index in [1.165, 1.54) is 37.9 Å². The smallest absolute Gasteiger partial charge is 0.0725 e. The van der Waals surface area contributed by atoms with Gasteiger partial charge in [0.2, 0.25) is 0 Å². The Kier molecular flexibility index (Phi) is 2.87. The van der Waals surface area contributed by atoms with E-state index in [2.05, 4.69) is 66.7 Å². The second-order valence-corrected chi connectivity index (χ2v) is 5.39. The highest BCUT2D eigenvalue weighted by Gasteiger charge is 2.09. The molecule has 0 N–H and O–H groups in total. The van der Waals surface area contributed by atoms with Gasteiger partial charge in [-0.25, -0.2) is 0 Å². The van der Waals surface area contributed by atoms with Gasteiger partial charge in [0.15, 0.2) is 0 Å². The molecule has 102 valence electrons. The minimum atomic E-state index is 0.635. The zero-order chi connectivity index (χ0) is 14.2. The number of benzene rings is 4. The first-order valence-electron chi connectivity index (χ1n) is 7.19. The molecule has 4 rings (SSSR count). The van der Waals surface area contributed by atoms with Crippen molar-refractivity contribution < 1.29 is 4.74 Å². The first-order valence-corrected chi connectivity index (χ1v) is 7.19. The molecule has 0 amide bonds. The van der Waals surface area contributed by atoms with Gasteiger partial charge in [0.05, 0.1) is 6.61 Å². The molecule has 0 fully saturated rings. The van der Waals surface area contributed by atoms with Crippen molar-refractivity contribution in [1.82, 2.24) is 0 Å². The van der Waals surface area contributed by atoms with Crippen LogP contribution in [0.5, 0.6) is 0 Å². The van der Waals surface area contributed by atoms with Crippen LogP contribution in [0.25, 0.3) is 32.3 Å². The summed E-state index contributed by atoms with van der Waals surface area (Å²) in [6.45, 7) is 0.635. The summed E-state index contributed by atoms with van der Waals surface area (Å²) in [7, 11) is 1.76. The van der Waals surface area contributed by atoms with Crippen molar-refractivity contribution in [1.29, 1.82) is 0 Å². The zero-order valence-corrected chi connectivity index (χ0v) is 12.0. The molecular weight excluding hydrogens is 256 g/mol. The Morgan fingerprint density at radius 1 is 0.667 bits per heavy atom. The quantitative estimate of drug-likeness (QED) is 0.356. The van der Waals surface area contributed by atoms with E-state index in [-0.39, 0.29) is 0 Å². The van der Waals surface area contributed by atoms with Gasteiger partial charge in [-0.05, 0) is 43.9 Å². The van der Waals surface area contributed by atoms with E-state index in [0.29, 0.717) is 6.61 Å². The van der Waals surface area contributed by atoms with E-state index in [1.54, 1.807) is 7.11 Å². The number of hydrogen-bond donors (Lipinski definition) is 0. The molecular formula is C20H16O. The van der Waals surface area contributed by atoms with Gasteiger partial charge in [0.1, 0.15) is 0 Å². The molecule has 0 aliphatic carbocycles. The standard InChI is InChI=1S/C20H16O/c1-21-13-20-17-9-5-3-7-15(17)12-19-16-8-4-2-6-14(16)10-11-18(19)20/h2-12H,13H2,1H3. The molecule has 0 aliphatic heterocycles. The molecule has 0 atom stereocenters. The van der Waals surface area contributed by atoms with Gasteiger partial charge in [-0.1, -0.05) is 60.7 Å². The molecule has 0 aliphatic rings. The first kappa shape index (κ1) is 12.4. The fourth-order valence-electron chi connectivity index (χ4n) is 3.21. The zero-order valence-electron chi connectivity index (χ0n) is 12.0. The molecule has 0 aromatic heterocycles. The average molecular weight is 272 g/mol. The molecule has 1 heteroatoms. The Hall–Kier alpha value is -2.38. The highest BCUT2D eigenvalue weighted by atomic mass is 16.5. The van der Waals surface area contributed by atoms with Crippen molar-refractivity contribution in [2.24, 2.45) is 0 Å². The Morgan fingerprint density at radius 3 is 2.19 bits per heavy atom. The molecule has 0 saturated heterocycles. The lowest BCUT2D eigenvalue weighted by Crippen LogP contribution is -1.92. The Bertz CT molecular complexity index is 954. The monoisotopic (exact) mass is 272 g/mol. The second kappa shape index (κ2) is 4.87. The van der Waals surface area contributed by atoms with Gasteiger partial charge >= 0.3 is 0 Å². The van der Waals surface area contributed by atoms with Crippen molar-refractivity contribution >= 4 is 32.3 Å². The molecule has 0 radical (unpaired) electrons. The van der Waals surface area contributed by atoms with Crippen LogP contribution >= 0.6 is 0 Å². The maximum atomic E-state index is 5.46. The molecule has 0 heterocycles. The van der Waals surface area contributed by atoms with Crippen molar-refractivity contribution in [2.75, 3.05) is 7.11 Å². The van der Waals surface area contributed by atoms with Crippen LogP contribution < -0.4 is 0 Å². The van der Waals surface area contributed by atoms with Crippen molar-refractivity contribution in [3.05, 3.63) is 72.3 Å². The van der Waals surface area contributed by atoms with Crippen molar-refractivity contribution in [2.45, 2.75) is 6.61 Å². The normalized spacial score (nSPS) is 11.5. The number of fused-ring (bicyclic) bond motifs is 4. The minimum absolute atomic E-state index is 0.635. The molecule has 0 spiro atoms. The summed E-state index contributed by atoms with van der Waals surface area (Å²) in [4.78, 5) is 0. The van der Waals surface area contributed by atoms with Gasteiger partial charge in [-0.2, -0.15) is 0 Å². The summed E-state index contributed by atoms with van der Waals surface area (Å²) in [5.74, 6) is 0. The van der Waals surface area contributed by atoms with Crippen LogP contribution in [-0.2, 0) is 11.3 Å².